The fraction of sp³-hybridized carbons (Fsp3) is 0.500. The Hall–Kier alpha value is -0.150. The molecule has 39 valence electrons. The average Bonchev–Trinajstić information content (AvgIpc) is 2.14. The molecule has 1 rings (SSSR count). The van der Waals surface area contributed by atoms with E-state index in [0.29, 0.717) is 0 Å². The second-order valence-electron chi connectivity index (χ2n) is 1.28. The number of hydrogen-bond acceptors (Lipinski definition) is 2. The topological polar surface area (TPSA) is 26.1 Å². The summed E-state index contributed by atoms with van der Waals surface area (Å²) in [7, 11) is 0. The van der Waals surface area contributed by atoms with Gasteiger partial charge in [-0.1, -0.05) is 11.8 Å². The Bertz CT molecular complexity index is 89.7. The molecule has 1 aliphatic heterocycles. The summed E-state index contributed by atoms with van der Waals surface area (Å²) in [6.45, 7) is 2.11. The summed E-state index contributed by atoms with van der Waals surface area (Å²) < 4.78 is 0. The quantitative estimate of drug-likeness (QED) is 0.516. The second-order valence-corrected chi connectivity index (χ2v) is 2.17. The van der Waals surface area contributed by atoms with E-state index in [0.717, 1.165) is 6.42 Å². The Kier molecular flexibility index (Phi) is 1.59. The van der Waals surface area contributed by atoms with Crippen LogP contribution in [0.15, 0.2) is 11.1 Å². The molecular weight excluding hydrogens is 108 g/mol. The minimum atomic E-state index is 1.08. The Morgan fingerprint density at radius 1 is 2.00 bits per heavy atom. The van der Waals surface area contributed by atoms with Crippen molar-refractivity contribution in [3.63, 3.8) is 0 Å². The molecule has 0 bridgehead atoms. The number of hydrogen-bond donors (Lipinski definition) is 1. The van der Waals surface area contributed by atoms with Crippen LogP contribution in [0.2, 0.25) is 0 Å². The number of allylic oxidation sites excluding steroid dienone is 1. The molecule has 1 heterocycles. The van der Waals surface area contributed by atoms with E-state index in [1.807, 2.05) is 6.20 Å². The maximum atomic E-state index is 3.81. The molecule has 1 radical (unpaired) electrons. The van der Waals surface area contributed by atoms with Crippen molar-refractivity contribution >= 4 is 11.9 Å². The lowest BCUT2D eigenvalue weighted by molar-refractivity contribution is 0.878. The summed E-state index contributed by atoms with van der Waals surface area (Å²) in [5.74, 6) is 0. The number of nitrogens with zero attached hydrogens (tertiary/aromatic N) is 1. The third-order valence-corrected chi connectivity index (χ3v) is 1.63. The molecule has 0 aliphatic carbocycles. The zero-order valence-corrected chi connectivity index (χ0v) is 4.96. The lowest BCUT2D eigenvalue weighted by Gasteiger charge is -1.84. The van der Waals surface area contributed by atoms with Crippen LogP contribution in [-0.2, 0) is 0 Å². The minimum Gasteiger partial charge on any atom is -0.299 e. The van der Waals surface area contributed by atoms with Crippen molar-refractivity contribution in [2.45, 2.75) is 13.3 Å². The van der Waals surface area contributed by atoms with Gasteiger partial charge in [-0.3, -0.25) is 5.43 Å². The predicted molar refractivity (Wildman–Crippen MR) is 31.2 cm³/mol. The first-order valence-electron chi connectivity index (χ1n) is 2.25. The van der Waals surface area contributed by atoms with Gasteiger partial charge in [0.05, 0.1) is 0 Å². The highest BCUT2D eigenvalue weighted by Crippen LogP contribution is 2.17. The second kappa shape index (κ2) is 2.23. The van der Waals surface area contributed by atoms with Gasteiger partial charge in [-0.15, -0.1) is 0 Å². The first-order chi connectivity index (χ1) is 3.43. The Morgan fingerprint density at radius 3 is 3.14 bits per heavy atom. The highest BCUT2D eigenvalue weighted by atomic mass is 32.2. The first kappa shape index (κ1) is 5.00. The molecule has 0 unspecified atom stereocenters. The smallest absolute Gasteiger partial charge is 0.0261 e. The molecule has 0 aromatic carbocycles. The lowest BCUT2D eigenvalue weighted by atomic mass is 10.5. The van der Waals surface area contributed by atoms with E-state index in [-0.39, 0.29) is 0 Å². The third kappa shape index (κ3) is 1.11. The first-order valence-corrected chi connectivity index (χ1v) is 3.02. The average molecular weight is 115 g/mol. The van der Waals surface area contributed by atoms with Crippen LogP contribution in [-0.4, -0.2) is 0 Å². The van der Waals surface area contributed by atoms with Crippen molar-refractivity contribution in [2.75, 3.05) is 0 Å². The Balaban J connectivity index is 2.36. The summed E-state index contributed by atoms with van der Waals surface area (Å²) >= 11 is 1.52. The molecule has 2 nitrogen and oxygen atoms in total. The SMILES string of the molecule is CCC1=CN[N]S1. The maximum Gasteiger partial charge on any atom is 0.0261 e. The molecule has 0 atom stereocenters. The molecule has 0 amide bonds. The van der Waals surface area contributed by atoms with Crippen LogP contribution in [0.5, 0.6) is 0 Å². The third-order valence-electron chi connectivity index (χ3n) is 0.790. The van der Waals surface area contributed by atoms with Crippen LogP contribution < -0.4 is 10.3 Å². The predicted octanol–water partition coefficient (Wildman–Crippen LogP) is 1.01. The summed E-state index contributed by atoms with van der Waals surface area (Å²) in [5.41, 5.74) is 2.75. The fourth-order valence-electron chi connectivity index (χ4n) is 0.376. The van der Waals surface area contributed by atoms with Gasteiger partial charge in [0.15, 0.2) is 0 Å². The van der Waals surface area contributed by atoms with Crippen LogP contribution in [0.25, 0.3) is 0 Å². The standard InChI is InChI=1S/C4H7N2S/c1-2-4-3-5-6-7-4/h3,5H,2H2,1H3. The zero-order chi connectivity index (χ0) is 5.11. The van der Waals surface area contributed by atoms with E-state index in [4.69, 9.17) is 0 Å². The zero-order valence-electron chi connectivity index (χ0n) is 4.14. The van der Waals surface area contributed by atoms with Gasteiger partial charge in [0.1, 0.15) is 0 Å². The van der Waals surface area contributed by atoms with Crippen LogP contribution in [0.1, 0.15) is 13.3 Å². The Morgan fingerprint density at radius 2 is 2.86 bits per heavy atom. The maximum absolute atomic E-state index is 3.81. The van der Waals surface area contributed by atoms with Crippen LogP contribution in [0.4, 0.5) is 0 Å². The molecule has 0 saturated heterocycles. The summed E-state index contributed by atoms with van der Waals surface area (Å²) in [4.78, 5) is 5.12. The highest BCUT2D eigenvalue weighted by Gasteiger charge is 2.00. The summed E-state index contributed by atoms with van der Waals surface area (Å²) in [6.07, 6.45) is 3.01. The van der Waals surface area contributed by atoms with Crippen molar-refractivity contribution in [3.8, 4) is 0 Å². The normalized spacial score (nSPS) is 18.7. The molecular formula is C4H7N2S. The molecule has 0 saturated carbocycles. The molecule has 0 aromatic rings. The molecule has 3 heteroatoms. The number of rotatable bonds is 1. The van der Waals surface area contributed by atoms with E-state index in [2.05, 4.69) is 17.2 Å². The van der Waals surface area contributed by atoms with Crippen LogP contribution >= 0.6 is 11.9 Å². The molecule has 7 heavy (non-hydrogen) atoms. The van der Waals surface area contributed by atoms with Crippen LogP contribution in [0, 0.1) is 0 Å². The van der Waals surface area contributed by atoms with Gasteiger partial charge in [0.2, 0.25) is 0 Å². The van der Waals surface area contributed by atoms with Gasteiger partial charge in [-0.25, -0.2) is 0 Å². The fourth-order valence-corrected chi connectivity index (χ4v) is 0.833. The van der Waals surface area contributed by atoms with Crippen molar-refractivity contribution in [2.24, 2.45) is 0 Å². The van der Waals surface area contributed by atoms with E-state index in [9.17, 15) is 0 Å². The van der Waals surface area contributed by atoms with Gasteiger partial charge >= 0.3 is 0 Å². The molecule has 0 spiro atoms. The van der Waals surface area contributed by atoms with E-state index in [1.165, 1.54) is 16.9 Å². The van der Waals surface area contributed by atoms with Crippen molar-refractivity contribution < 1.29 is 0 Å². The van der Waals surface area contributed by atoms with E-state index < -0.39 is 0 Å². The lowest BCUT2D eigenvalue weighted by Crippen LogP contribution is -2.02. The van der Waals surface area contributed by atoms with Gasteiger partial charge in [0, 0.05) is 11.1 Å². The molecule has 1 aliphatic rings. The van der Waals surface area contributed by atoms with Crippen molar-refractivity contribution in [1.82, 2.24) is 10.3 Å². The van der Waals surface area contributed by atoms with Gasteiger partial charge in [-0.05, 0) is 18.4 Å². The Labute approximate surface area is 47.5 Å². The summed E-state index contributed by atoms with van der Waals surface area (Å²) in [6, 6.07) is 0. The van der Waals surface area contributed by atoms with Crippen LogP contribution in [0.3, 0.4) is 0 Å². The molecule has 1 N–H and O–H groups in total. The monoisotopic (exact) mass is 115 g/mol. The highest BCUT2D eigenvalue weighted by molar-refractivity contribution is 8.01. The van der Waals surface area contributed by atoms with Gasteiger partial charge < -0.3 is 0 Å². The van der Waals surface area contributed by atoms with Gasteiger partial charge in [-0.2, -0.15) is 0 Å². The largest absolute Gasteiger partial charge is 0.299 e. The van der Waals surface area contributed by atoms with Gasteiger partial charge in [0.25, 0.3) is 0 Å². The van der Waals surface area contributed by atoms with E-state index >= 15 is 0 Å². The van der Waals surface area contributed by atoms with E-state index in [1.54, 1.807) is 0 Å². The molecule has 0 fully saturated rings. The molecule has 0 aromatic heterocycles. The minimum absolute atomic E-state index is 1.08. The number of nitrogens with one attached hydrogen (secondary N) is 1. The van der Waals surface area contributed by atoms with Crippen molar-refractivity contribution in [1.29, 1.82) is 0 Å². The summed E-state index contributed by atoms with van der Waals surface area (Å²) in [5, 5.41) is 0. The van der Waals surface area contributed by atoms with Crippen molar-refractivity contribution in [3.05, 3.63) is 11.1 Å².